The first kappa shape index (κ1) is 21.6. The molecule has 0 bridgehead atoms. The maximum absolute atomic E-state index is 9.02. The number of furan rings is 1. The van der Waals surface area contributed by atoms with E-state index in [1.165, 1.54) is 0 Å². The first-order valence-electron chi connectivity index (χ1n) is 17.8. The molecule has 0 radical (unpaired) electrons. The van der Waals surface area contributed by atoms with Crippen LogP contribution in [0.15, 0.2) is 180 Å². The van der Waals surface area contributed by atoms with E-state index >= 15 is 0 Å². The number of para-hydroxylation sites is 1. The van der Waals surface area contributed by atoms with Crippen molar-refractivity contribution in [1.29, 1.82) is 0 Å². The second-order valence-electron chi connectivity index (χ2n) is 11.4. The molecular formula is C44H29NO. The second kappa shape index (κ2) is 10.8. The van der Waals surface area contributed by atoms with E-state index in [0.29, 0.717) is 11.4 Å². The molecule has 2 nitrogen and oxygen atoms in total. The lowest BCUT2D eigenvalue weighted by Crippen LogP contribution is -2.10. The highest BCUT2D eigenvalue weighted by Crippen LogP contribution is 2.42. The Balaban J connectivity index is 1.27. The van der Waals surface area contributed by atoms with Gasteiger partial charge in [-0.25, -0.2) is 0 Å². The maximum atomic E-state index is 9.02. The third-order valence-corrected chi connectivity index (χ3v) is 8.72. The molecule has 0 fully saturated rings. The zero-order chi connectivity index (χ0) is 34.8. The number of fused-ring (bicyclic) bond motifs is 6. The first-order chi connectivity index (χ1) is 24.9. The Kier molecular flexibility index (Phi) is 5.06. The molecule has 9 rings (SSSR count). The van der Waals surface area contributed by atoms with Crippen molar-refractivity contribution in [2.24, 2.45) is 0 Å². The largest absolute Gasteiger partial charge is 0.455 e. The molecular weight excluding hydrogens is 558 g/mol. The van der Waals surface area contributed by atoms with Crippen LogP contribution in [0, 0.1) is 0 Å². The van der Waals surface area contributed by atoms with Crippen LogP contribution in [0.1, 0.15) is 6.85 Å². The molecule has 0 aliphatic carbocycles. The molecule has 0 spiro atoms. The summed E-state index contributed by atoms with van der Waals surface area (Å²) in [5.41, 5.74) is 6.84. The Morgan fingerprint density at radius 2 is 1.07 bits per heavy atom. The molecule has 0 saturated heterocycles. The molecule has 1 heterocycles. The average Bonchev–Trinajstić information content (AvgIpc) is 3.57. The van der Waals surface area contributed by atoms with E-state index in [2.05, 4.69) is 54.6 Å². The van der Waals surface area contributed by atoms with E-state index in [9.17, 15) is 0 Å². The minimum atomic E-state index is -0.432. The maximum Gasteiger partial charge on any atom is 0.143 e. The number of hydrogen-bond acceptors (Lipinski definition) is 2. The van der Waals surface area contributed by atoms with Gasteiger partial charge in [-0.15, -0.1) is 0 Å². The Labute approximate surface area is 274 Å². The molecule has 9 aromatic rings. The van der Waals surface area contributed by atoms with E-state index < -0.39 is 6.04 Å². The van der Waals surface area contributed by atoms with Crippen molar-refractivity contribution in [2.45, 2.75) is 0 Å². The van der Waals surface area contributed by atoms with E-state index in [0.717, 1.165) is 65.7 Å². The van der Waals surface area contributed by atoms with E-state index in [1.807, 2.05) is 91.0 Å². The van der Waals surface area contributed by atoms with Gasteiger partial charge in [0.15, 0.2) is 0 Å². The Morgan fingerprint density at radius 1 is 0.457 bits per heavy atom. The quantitative estimate of drug-likeness (QED) is 0.198. The third-order valence-electron chi connectivity index (χ3n) is 8.72. The van der Waals surface area contributed by atoms with Crippen LogP contribution in [-0.2, 0) is 0 Å². The fraction of sp³-hybridized carbons (Fsp3) is 0. The Hall–Kier alpha value is -6.12. The fourth-order valence-corrected chi connectivity index (χ4v) is 6.66. The molecule has 0 saturated carbocycles. The minimum absolute atomic E-state index is 0.0756. The van der Waals surface area contributed by atoms with Crippen molar-refractivity contribution in [3.05, 3.63) is 176 Å². The normalized spacial score (nSPS) is 13.0. The summed E-state index contributed by atoms with van der Waals surface area (Å²) in [4.78, 5) is 1.78. The summed E-state index contributed by atoms with van der Waals surface area (Å²) in [6.07, 6.45) is 0. The predicted octanol–water partition coefficient (Wildman–Crippen LogP) is 12.7. The number of hydrogen-bond donors (Lipinski definition) is 0. The smallest absolute Gasteiger partial charge is 0.143 e. The van der Waals surface area contributed by atoms with Gasteiger partial charge in [-0.1, -0.05) is 127 Å². The van der Waals surface area contributed by atoms with Crippen molar-refractivity contribution in [3.63, 3.8) is 0 Å². The lowest BCUT2D eigenvalue weighted by Gasteiger charge is -2.26. The lowest BCUT2D eigenvalue weighted by molar-refractivity contribution is 0.673. The number of rotatable bonds is 5. The zero-order valence-corrected chi connectivity index (χ0v) is 24.7. The molecule has 0 unspecified atom stereocenters. The molecule has 8 aromatic carbocycles. The van der Waals surface area contributed by atoms with Crippen LogP contribution in [0.5, 0.6) is 0 Å². The van der Waals surface area contributed by atoms with Gasteiger partial charge in [0.1, 0.15) is 11.2 Å². The second-order valence-corrected chi connectivity index (χ2v) is 11.4. The van der Waals surface area contributed by atoms with Crippen molar-refractivity contribution >= 4 is 60.5 Å². The van der Waals surface area contributed by atoms with Crippen molar-refractivity contribution in [3.8, 4) is 22.3 Å². The SMILES string of the molecule is [2H]c1c([2H])c([2H])c(N(c2cccc(-c3cccc4ccccc34)c2)c2cccc(-c3cccc4oc5c6ccccc6ccc5c34)c2)c([2H])c1[2H]. The summed E-state index contributed by atoms with van der Waals surface area (Å²) in [5.74, 6) is 0. The van der Waals surface area contributed by atoms with Crippen molar-refractivity contribution < 1.29 is 11.3 Å². The molecule has 2 heteroatoms. The highest BCUT2D eigenvalue weighted by molar-refractivity contribution is 6.19. The van der Waals surface area contributed by atoms with Crippen LogP contribution >= 0.6 is 0 Å². The van der Waals surface area contributed by atoms with Crippen molar-refractivity contribution in [2.75, 3.05) is 4.90 Å². The summed E-state index contributed by atoms with van der Waals surface area (Å²) >= 11 is 0. The van der Waals surface area contributed by atoms with E-state index in [1.54, 1.807) is 4.90 Å². The van der Waals surface area contributed by atoms with Crippen molar-refractivity contribution in [1.82, 2.24) is 0 Å². The molecule has 0 N–H and O–H groups in total. The topological polar surface area (TPSA) is 16.4 Å². The van der Waals surface area contributed by atoms with Gasteiger partial charge in [-0.2, -0.15) is 0 Å². The van der Waals surface area contributed by atoms with Crippen LogP contribution in [0.3, 0.4) is 0 Å². The van der Waals surface area contributed by atoms with Gasteiger partial charge in [0.25, 0.3) is 0 Å². The first-order valence-corrected chi connectivity index (χ1v) is 15.3. The number of nitrogens with zero attached hydrogens (tertiary/aromatic N) is 1. The van der Waals surface area contributed by atoms with Gasteiger partial charge in [0.05, 0.1) is 6.85 Å². The molecule has 0 aliphatic heterocycles. The predicted molar refractivity (Wildman–Crippen MR) is 194 cm³/mol. The monoisotopic (exact) mass is 592 g/mol. The van der Waals surface area contributed by atoms with Gasteiger partial charge in [-0.3, -0.25) is 0 Å². The van der Waals surface area contributed by atoms with Gasteiger partial charge in [0.2, 0.25) is 0 Å². The van der Waals surface area contributed by atoms with Crippen LogP contribution < -0.4 is 4.90 Å². The number of anilines is 3. The summed E-state index contributed by atoms with van der Waals surface area (Å²) in [6.45, 7) is 0. The summed E-state index contributed by atoms with van der Waals surface area (Å²) in [6, 6.07) is 46.9. The fourth-order valence-electron chi connectivity index (χ4n) is 6.66. The van der Waals surface area contributed by atoms with Crippen LogP contribution in [-0.4, -0.2) is 0 Å². The number of benzene rings is 8. The molecule has 216 valence electrons. The average molecular weight is 593 g/mol. The zero-order valence-electron chi connectivity index (χ0n) is 29.7. The third kappa shape index (κ3) is 4.35. The minimum Gasteiger partial charge on any atom is -0.455 e. The highest BCUT2D eigenvalue weighted by atomic mass is 16.3. The summed E-state index contributed by atoms with van der Waals surface area (Å²) in [7, 11) is 0. The highest BCUT2D eigenvalue weighted by Gasteiger charge is 2.18. The van der Waals surface area contributed by atoms with Gasteiger partial charge >= 0.3 is 0 Å². The molecule has 0 amide bonds. The van der Waals surface area contributed by atoms with Crippen LogP contribution in [0.4, 0.5) is 17.1 Å². The summed E-state index contributed by atoms with van der Waals surface area (Å²) < 4.78 is 50.0. The Morgan fingerprint density at radius 3 is 1.85 bits per heavy atom. The van der Waals surface area contributed by atoms with Crippen LogP contribution in [0.2, 0.25) is 0 Å². The summed E-state index contributed by atoms with van der Waals surface area (Å²) in [5, 5.41) is 6.36. The molecule has 0 atom stereocenters. The van der Waals surface area contributed by atoms with Gasteiger partial charge in [0, 0.05) is 33.2 Å². The lowest BCUT2D eigenvalue weighted by atomic mass is 9.97. The van der Waals surface area contributed by atoms with Gasteiger partial charge < -0.3 is 9.32 Å². The van der Waals surface area contributed by atoms with E-state index in [4.69, 9.17) is 11.3 Å². The van der Waals surface area contributed by atoms with E-state index in [-0.39, 0.29) is 29.9 Å². The van der Waals surface area contributed by atoms with Crippen LogP contribution in [0.25, 0.3) is 65.7 Å². The Bertz CT molecular complexity index is 2810. The molecule has 0 aliphatic rings. The van der Waals surface area contributed by atoms with Gasteiger partial charge in [-0.05, 0) is 86.9 Å². The standard InChI is InChI=1S/C44H29NO/c1-2-17-34(18-3-1)45(35-19-8-15-32(28-35)38-23-10-14-30-12-4-6-21-37(30)38)36-20-9-16-33(29-36)39-24-11-25-42-43(39)41-27-26-31-13-5-7-22-40(31)44(41)46-42/h1-29H/i1D,2D,3D,17D,18D. The molecule has 46 heavy (non-hydrogen) atoms. The molecule has 1 aromatic heterocycles.